The van der Waals surface area contributed by atoms with Gasteiger partial charge in [0.25, 0.3) is 5.91 Å². The number of amides is 1. The average Bonchev–Trinajstić information content (AvgIpc) is 2.83. The Kier molecular flexibility index (Phi) is 4.62. The summed E-state index contributed by atoms with van der Waals surface area (Å²) in [5.41, 5.74) is 0.301. The molecule has 0 saturated heterocycles. The molecule has 1 saturated carbocycles. The van der Waals surface area contributed by atoms with Crippen molar-refractivity contribution in [2.45, 2.75) is 32.2 Å². The molecule has 1 aliphatic carbocycles. The number of hydrogen-bond acceptors (Lipinski definition) is 2. The molecule has 1 fully saturated rings. The van der Waals surface area contributed by atoms with Crippen molar-refractivity contribution in [1.29, 1.82) is 0 Å². The highest BCUT2D eigenvalue weighted by Crippen LogP contribution is 2.25. The predicted molar refractivity (Wildman–Crippen MR) is 75.0 cm³/mol. The van der Waals surface area contributed by atoms with E-state index in [1.807, 2.05) is 0 Å². The second kappa shape index (κ2) is 6.42. The second-order valence-electron chi connectivity index (χ2n) is 5.13. The zero-order chi connectivity index (χ0) is 14.5. The molecule has 106 valence electrons. The second-order valence-corrected chi connectivity index (χ2v) is 5.13. The standard InChI is InChI=1S/C16H18FNO2/c1-3-9-20-15-8-7-12(10-13(15)17)16(19)18-14-6-4-5-11(14)2/h1,7-8,10-11,14H,4-6,9H2,2H3,(H,18,19). The van der Waals surface area contributed by atoms with Gasteiger partial charge < -0.3 is 10.1 Å². The van der Waals surface area contributed by atoms with Crippen LogP contribution in [-0.2, 0) is 0 Å². The van der Waals surface area contributed by atoms with E-state index >= 15 is 0 Å². The minimum atomic E-state index is -0.577. The molecule has 20 heavy (non-hydrogen) atoms. The normalized spacial score (nSPS) is 21.2. The van der Waals surface area contributed by atoms with Crippen LogP contribution in [0.25, 0.3) is 0 Å². The average molecular weight is 275 g/mol. The Bertz CT molecular complexity index is 536. The predicted octanol–water partition coefficient (Wildman–Crippen LogP) is 2.76. The van der Waals surface area contributed by atoms with Crippen molar-refractivity contribution >= 4 is 5.91 Å². The molecule has 1 aromatic rings. The molecule has 0 radical (unpaired) electrons. The number of benzene rings is 1. The first-order chi connectivity index (χ1) is 9.61. The summed E-state index contributed by atoms with van der Waals surface area (Å²) in [5, 5.41) is 2.96. The monoisotopic (exact) mass is 275 g/mol. The topological polar surface area (TPSA) is 38.3 Å². The van der Waals surface area contributed by atoms with Crippen molar-refractivity contribution in [3.63, 3.8) is 0 Å². The smallest absolute Gasteiger partial charge is 0.251 e. The zero-order valence-electron chi connectivity index (χ0n) is 11.5. The lowest BCUT2D eigenvalue weighted by Crippen LogP contribution is -2.36. The molecule has 2 atom stereocenters. The molecule has 1 amide bonds. The largest absolute Gasteiger partial charge is 0.478 e. The van der Waals surface area contributed by atoms with E-state index in [1.54, 1.807) is 6.07 Å². The number of terminal acetylenes is 1. The summed E-state index contributed by atoms with van der Waals surface area (Å²) in [6.45, 7) is 2.12. The van der Waals surface area contributed by atoms with Crippen LogP contribution in [0, 0.1) is 24.1 Å². The summed E-state index contributed by atoms with van der Waals surface area (Å²) in [4.78, 5) is 12.1. The fourth-order valence-electron chi connectivity index (χ4n) is 2.49. The summed E-state index contributed by atoms with van der Waals surface area (Å²) in [5.74, 6) is 1.98. The maximum Gasteiger partial charge on any atom is 0.251 e. The SMILES string of the molecule is C#CCOc1ccc(C(=O)NC2CCCC2C)cc1F. The van der Waals surface area contributed by atoms with E-state index in [4.69, 9.17) is 11.2 Å². The third-order valence-electron chi connectivity index (χ3n) is 3.68. The molecule has 1 N–H and O–H groups in total. The van der Waals surface area contributed by atoms with E-state index in [2.05, 4.69) is 18.2 Å². The summed E-state index contributed by atoms with van der Waals surface area (Å²) in [7, 11) is 0. The van der Waals surface area contributed by atoms with Crippen LogP contribution in [0.4, 0.5) is 4.39 Å². The maximum absolute atomic E-state index is 13.8. The van der Waals surface area contributed by atoms with E-state index < -0.39 is 5.82 Å². The van der Waals surface area contributed by atoms with Crippen LogP contribution in [0.15, 0.2) is 18.2 Å². The molecule has 1 aliphatic rings. The highest BCUT2D eigenvalue weighted by Gasteiger charge is 2.25. The van der Waals surface area contributed by atoms with E-state index in [0.717, 1.165) is 19.3 Å². The highest BCUT2D eigenvalue weighted by molar-refractivity contribution is 5.94. The van der Waals surface area contributed by atoms with Gasteiger partial charge in [-0.2, -0.15) is 0 Å². The quantitative estimate of drug-likeness (QED) is 0.858. The molecule has 2 rings (SSSR count). The molecule has 0 aliphatic heterocycles. The zero-order valence-corrected chi connectivity index (χ0v) is 11.5. The van der Waals surface area contributed by atoms with Crippen LogP contribution in [-0.4, -0.2) is 18.6 Å². The lowest BCUT2D eigenvalue weighted by molar-refractivity contribution is 0.0929. The van der Waals surface area contributed by atoms with Crippen LogP contribution in [0.3, 0.4) is 0 Å². The van der Waals surface area contributed by atoms with E-state index in [1.165, 1.54) is 12.1 Å². The Morgan fingerprint density at radius 2 is 2.35 bits per heavy atom. The molecule has 0 spiro atoms. The highest BCUT2D eigenvalue weighted by atomic mass is 19.1. The number of carbonyl (C=O) groups excluding carboxylic acids is 1. The number of ether oxygens (including phenoxy) is 1. The van der Waals surface area contributed by atoms with E-state index in [-0.39, 0.29) is 24.3 Å². The number of rotatable bonds is 4. The van der Waals surface area contributed by atoms with Gasteiger partial charge in [0.2, 0.25) is 0 Å². The third-order valence-corrected chi connectivity index (χ3v) is 3.68. The third kappa shape index (κ3) is 3.30. The van der Waals surface area contributed by atoms with E-state index in [9.17, 15) is 9.18 Å². The summed E-state index contributed by atoms with van der Waals surface area (Å²) < 4.78 is 18.8. The first-order valence-corrected chi connectivity index (χ1v) is 6.78. The van der Waals surface area contributed by atoms with Crippen molar-refractivity contribution in [2.24, 2.45) is 5.92 Å². The molecular formula is C16H18FNO2. The van der Waals surface area contributed by atoms with Crippen molar-refractivity contribution in [2.75, 3.05) is 6.61 Å². The van der Waals surface area contributed by atoms with Gasteiger partial charge in [0.1, 0.15) is 6.61 Å². The van der Waals surface area contributed by atoms with Crippen LogP contribution in [0.5, 0.6) is 5.75 Å². The Morgan fingerprint density at radius 3 is 2.95 bits per heavy atom. The molecule has 0 bridgehead atoms. The van der Waals surface area contributed by atoms with Gasteiger partial charge in [-0.1, -0.05) is 19.3 Å². The lowest BCUT2D eigenvalue weighted by atomic mass is 10.1. The minimum absolute atomic E-state index is 0.00204. The van der Waals surface area contributed by atoms with Gasteiger partial charge in [-0.05, 0) is 37.0 Å². The first-order valence-electron chi connectivity index (χ1n) is 6.78. The van der Waals surface area contributed by atoms with Gasteiger partial charge in [0.05, 0.1) is 0 Å². The van der Waals surface area contributed by atoms with Crippen molar-refractivity contribution in [3.8, 4) is 18.1 Å². The van der Waals surface area contributed by atoms with Gasteiger partial charge in [-0.15, -0.1) is 6.42 Å². The number of nitrogens with one attached hydrogen (secondary N) is 1. The van der Waals surface area contributed by atoms with Gasteiger partial charge in [0.15, 0.2) is 11.6 Å². The van der Waals surface area contributed by atoms with Crippen LogP contribution in [0.1, 0.15) is 36.5 Å². The van der Waals surface area contributed by atoms with Gasteiger partial charge in [0, 0.05) is 11.6 Å². The Hall–Kier alpha value is -2.02. The summed E-state index contributed by atoms with van der Waals surface area (Å²) >= 11 is 0. The molecule has 4 heteroatoms. The first kappa shape index (κ1) is 14.4. The van der Waals surface area contributed by atoms with Crippen molar-refractivity contribution in [3.05, 3.63) is 29.6 Å². The molecule has 0 aromatic heterocycles. The molecular weight excluding hydrogens is 257 g/mol. The molecule has 3 nitrogen and oxygen atoms in total. The van der Waals surface area contributed by atoms with Gasteiger partial charge in [-0.25, -0.2) is 4.39 Å². The number of hydrogen-bond donors (Lipinski definition) is 1. The fourth-order valence-corrected chi connectivity index (χ4v) is 2.49. The van der Waals surface area contributed by atoms with Crippen LogP contribution < -0.4 is 10.1 Å². The summed E-state index contributed by atoms with van der Waals surface area (Å²) in [6, 6.07) is 4.34. The van der Waals surface area contributed by atoms with E-state index in [0.29, 0.717) is 11.5 Å². The Labute approximate surface area is 118 Å². The number of halogens is 1. The lowest BCUT2D eigenvalue weighted by Gasteiger charge is -2.17. The van der Waals surface area contributed by atoms with Crippen molar-refractivity contribution < 1.29 is 13.9 Å². The van der Waals surface area contributed by atoms with Crippen molar-refractivity contribution in [1.82, 2.24) is 5.32 Å². The van der Waals surface area contributed by atoms with Gasteiger partial charge in [-0.3, -0.25) is 4.79 Å². The minimum Gasteiger partial charge on any atom is -0.478 e. The van der Waals surface area contributed by atoms with Crippen LogP contribution >= 0.6 is 0 Å². The Morgan fingerprint density at radius 1 is 1.55 bits per heavy atom. The van der Waals surface area contributed by atoms with Gasteiger partial charge >= 0.3 is 0 Å². The molecule has 0 heterocycles. The number of carbonyl (C=O) groups is 1. The maximum atomic E-state index is 13.8. The molecule has 1 aromatic carbocycles. The molecule has 2 unspecified atom stereocenters. The fraction of sp³-hybridized carbons (Fsp3) is 0.438. The van der Waals surface area contributed by atoms with Crippen LogP contribution in [0.2, 0.25) is 0 Å². The summed E-state index contributed by atoms with van der Waals surface area (Å²) in [6.07, 6.45) is 8.28. The Balaban J connectivity index is 2.03.